The summed E-state index contributed by atoms with van der Waals surface area (Å²) in [6, 6.07) is 13.2. The standard InChI is InChI=1S/C20H18FN5O2/c21-15-7-5-14(6-8-15)11-25-9-10-26(12-18(25)27)20(28)17-4-2-1-3-16(17)19-22-13-23-24-19/h1-8,13H,9-12H2,(H,22,23,24). The molecule has 0 saturated carbocycles. The second-order valence-corrected chi connectivity index (χ2v) is 6.55. The van der Waals surface area contributed by atoms with E-state index in [1.807, 2.05) is 6.07 Å². The van der Waals surface area contributed by atoms with E-state index in [-0.39, 0.29) is 24.2 Å². The van der Waals surface area contributed by atoms with Gasteiger partial charge in [0, 0.05) is 25.2 Å². The smallest absolute Gasteiger partial charge is 0.255 e. The van der Waals surface area contributed by atoms with Gasteiger partial charge in [0.05, 0.1) is 5.56 Å². The second-order valence-electron chi connectivity index (χ2n) is 6.55. The number of aromatic nitrogens is 3. The molecule has 1 N–H and O–H groups in total. The van der Waals surface area contributed by atoms with Crippen LogP contribution in [0.15, 0.2) is 54.9 Å². The van der Waals surface area contributed by atoms with Crippen LogP contribution in [0.4, 0.5) is 4.39 Å². The lowest BCUT2D eigenvalue weighted by Crippen LogP contribution is -2.51. The molecule has 0 atom stereocenters. The van der Waals surface area contributed by atoms with Crippen molar-refractivity contribution in [1.29, 1.82) is 0 Å². The van der Waals surface area contributed by atoms with Crippen molar-refractivity contribution in [2.75, 3.05) is 19.6 Å². The molecule has 1 fully saturated rings. The predicted octanol–water partition coefficient (Wildman–Crippen LogP) is 2.10. The van der Waals surface area contributed by atoms with Crippen LogP contribution in [0.25, 0.3) is 11.4 Å². The first-order chi connectivity index (χ1) is 13.6. The molecule has 0 bridgehead atoms. The molecule has 8 heteroatoms. The summed E-state index contributed by atoms with van der Waals surface area (Å²) >= 11 is 0. The third-order valence-electron chi connectivity index (χ3n) is 4.72. The first-order valence-electron chi connectivity index (χ1n) is 8.88. The molecule has 1 saturated heterocycles. The Morgan fingerprint density at radius 1 is 1.11 bits per heavy atom. The molecule has 0 spiro atoms. The lowest BCUT2D eigenvalue weighted by molar-refractivity contribution is -0.135. The van der Waals surface area contributed by atoms with Crippen LogP contribution in [0.3, 0.4) is 0 Å². The maximum Gasteiger partial charge on any atom is 0.255 e. The first kappa shape index (κ1) is 17.8. The molecule has 0 aliphatic carbocycles. The quantitative estimate of drug-likeness (QED) is 0.753. The topological polar surface area (TPSA) is 82.2 Å². The average Bonchev–Trinajstić information content (AvgIpc) is 3.25. The molecule has 3 aromatic rings. The SMILES string of the molecule is O=C1CN(C(=O)c2ccccc2-c2ncn[nH]2)CCN1Cc1ccc(F)cc1. The molecule has 2 aromatic carbocycles. The Labute approximate surface area is 160 Å². The molecule has 2 heterocycles. The number of nitrogens with one attached hydrogen (secondary N) is 1. The van der Waals surface area contributed by atoms with E-state index < -0.39 is 0 Å². The number of piperazine rings is 1. The average molecular weight is 379 g/mol. The van der Waals surface area contributed by atoms with Crippen molar-refractivity contribution < 1.29 is 14.0 Å². The van der Waals surface area contributed by atoms with Gasteiger partial charge >= 0.3 is 0 Å². The van der Waals surface area contributed by atoms with Gasteiger partial charge in [-0.25, -0.2) is 9.37 Å². The summed E-state index contributed by atoms with van der Waals surface area (Å²) in [4.78, 5) is 32.9. The minimum atomic E-state index is -0.309. The summed E-state index contributed by atoms with van der Waals surface area (Å²) in [6.07, 6.45) is 1.38. The number of nitrogens with zero attached hydrogens (tertiary/aromatic N) is 4. The zero-order chi connectivity index (χ0) is 19.5. The molecule has 4 rings (SSSR count). The van der Waals surface area contributed by atoms with E-state index in [4.69, 9.17) is 0 Å². The Morgan fingerprint density at radius 2 is 1.89 bits per heavy atom. The molecule has 28 heavy (non-hydrogen) atoms. The van der Waals surface area contributed by atoms with Gasteiger partial charge < -0.3 is 9.80 Å². The number of H-pyrrole nitrogens is 1. The maximum absolute atomic E-state index is 13.0. The highest BCUT2D eigenvalue weighted by molar-refractivity contribution is 6.01. The van der Waals surface area contributed by atoms with Crippen molar-refractivity contribution in [3.8, 4) is 11.4 Å². The van der Waals surface area contributed by atoms with E-state index in [0.717, 1.165) is 5.56 Å². The summed E-state index contributed by atoms with van der Waals surface area (Å²) < 4.78 is 13.0. The van der Waals surface area contributed by atoms with E-state index in [1.54, 1.807) is 40.1 Å². The molecule has 1 aromatic heterocycles. The lowest BCUT2D eigenvalue weighted by atomic mass is 10.1. The second kappa shape index (κ2) is 7.59. The van der Waals surface area contributed by atoms with Gasteiger partial charge in [0.1, 0.15) is 18.7 Å². The van der Waals surface area contributed by atoms with Crippen LogP contribution >= 0.6 is 0 Å². The molecule has 2 amide bonds. The largest absolute Gasteiger partial charge is 0.335 e. The number of amides is 2. The third-order valence-corrected chi connectivity index (χ3v) is 4.72. The van der Waals surface area contributed by atoms with Gasteiger partial charge in [-0.3, -0.25) is 14.7 Å². The van der Waals surface area contributed by atoms with Crippen LogP contribution in [0, 0.1) is 5.82 Å². The van der Waals surface area contributed by atoms with Crippen LogP contribution in [-0.2, 0) is 11.3 Å². The van der Waals surface area contributed by atoms with E-state index in [1.165, 1.54) is 18.5 Å². The summed E-state index contributed by atoms with van der Waals surface area (Å²) in [6.45, 7) is 1.25. The first-order valence-corrected chi connectivity index (χ1v) is 8.88. The fourth-order valence-electron chi connectivity index (χ4n) is 3.24. The Kier molecular flexibility index (Phi) is 4.84. The summed E-state index contributed by atoms with van der Waals surface area (Å²) in [5.41, 5.74) is 1.97. The molecular weight excluding hydrogens is 361 g/mol. The monoisotopic (exact) mass is 379 g/mol. The summed E-state index contributed by atoms with van der Waals surface area (Å²) in [5.74, 6) is -0.163. The van der Waals surface area contributed by atoms with Crippen molar-refractivity contribution in [3.05, 3.63) is 71.8 Å². The third kappa shape index (κ3) is 3.62. The summed E-state index contributed by atoms with van der Waals surface area (Å²) in [7, 11) is 0. The molecule has 7 nitrogen and oxygen atoms in total. The molecule has 142 valence electrons. The fourth-order valence-corrected chi connectivity index (χ4v) is 3.24. The Bertz CT molecular complexity index is 988. The van der Waals surface area contributed by atoms with Crippen molar-refractivity contribution in [1.82, 2.24) is 25.0 Å². The van der Waals surface area contributed by atoms with Gasteiger partial charge in [-0.15, -0.1) is 0 Å². The van der Waals surface area contributed by atoms with E-state index in [0.29, 0.717) is 36.6 Å². The van der Waals surface area contributed by atoms with E-state index in [9.17, 15) is 14.0 Å². The molecule has 0 radical (unpaired) electrons. The lowest BCUT2D eigenvalue weighted by Gasteiger charge is -2.34. The highest BCUT2D eigenvalue weighted by atomic mass is 19.1. The Hall–Kier alpha value is -3.55. The van der Waals surface area contributed by atoms with Crippen molar-refractivity contribution in [2.45, 2.75) is 6.54 Å². The highest BCUT2D eigenvalue weighted by Gasteiger charge is 2.29. The molecule has 1 aliphatic rings. The molecular formula is C20H18FN5O2. The number of halogens is 1. The van der Waals surface area contributed by atoms with Gasteiger partial charge in [-0.05, 0) is 23.8 Å². The highest BCUT2D eigenvalue weighted by Crippen LogP contribution is 2.22. The van der Waals surface area contributed by atoms with Crippen LogP contribution < -0.4 is 0 Å². The number of carbonyl (C=O) groups excluding carboxylic acids is 2. The minimum absolute atomic E-state index is 0.00473. The fraction of sp³-hybridized carbons (Fsp3) is 0.200. The molecule has 1 aliphatic heterocycles. The van der Waals surface area contributed by atoms with Gasteiger partial charge in [0.15, 0.2) is 5.82 Å². The van der Waals surface area contributed by atoms with Gasteiger partial charge in [0.25, 0.3) is 5.91 Å². The zero-order valence-corrected chi connectivity index (χ0v) is 15.0. The van der Waals surface area contributed by atoms with Crippen molar-refractivity contribution in [3.63, 3.8) is 0 Å². The summed E-state index contributed by atoms with van der Waals surface area (Å²) in [5, 5.41) is 6.60. The maximum atomic E-state index is 13.0. The normalized spacial score (nSPS) is 14.4. The number of benzene rings is 2. The minimum Gasteiger partial charge on any atom is -0.335 e. The van der Waals surface area contributed by atoms with Crippen LogP contribution in [0.1, 0.15) is 15.9 Å². The number of hydrogen-bond acceptors (Lipinski definition) is 4. The van der Waals surface area contributed by atoms with Crippen LogP contribution in [-0.4, -0.2) is 56.4 Å². The van der Waals surface area contributed by atoms with Crippen LogP contribution in [0.2, 0.25) is 0 Å². The van der Waals surface area contributed by atoms with E-state index in [2.05, 4.69) is 15.2 Å². The van der Waals surface area contributed by atoms with Crippen molar-refractivity contribution in [2.24, 2.45) is 0 Å². The van der Waals surface area contributed by atoms with Gasteiger partial charge in [0.2, 0.25) is 5.91 Å². The zero-order valence-electron chi connectivity index (χ0n) is 15.0. The van der Waals surface area contributed by atoms with Crippen molar-refractivity contribution >= 4 is 11.8 Å². The number of carbonyl (C=O) groups is 2. The predicted molar refractivity (Wildman–Crippen MR) is 99.5 cm³/mol. The van der Waals surface area contributed by atoms with Gasteiger partial charge in [-0.2, -0.15) is 5.10 Å². The van der Waals surface area contributed by atoms with E-state index >= 15 is 0 Å². The number of hydrogen-bond donors (Lipinski definition) is 1. The number of rotatable bonds is 4. The number of aromatic amines is 1. The Morgan fingerprint density at radius 3 is 2.61 bits per heavy atom. The Balaban J connectivity index is 1.47. The van der Waals surface area contributed by atoms with Crippen LogP contribution in [0.5, 0.6) is 0 Å². The van der Waals surface area contributed by atoms with Gasteiger partial charge in [-0.1, -0.05) is 30.3 Å². The molecule has 0 unspecified atom stereocenters.